The van der Waals surface area contributed by atoms with E-state index in [2.05, 4.69) is 11.4 Å². The molecule has 76 valence electrons. The third-order valence-electron chi connectivity index (χ3n) is 2.52. The lowest BCUT2D eigenvalue weighted by atomic mass is 10.1. The smallest absolute Gasteiger partial charge is 0.224 e. The lowest BCUT2D eigenvalue weighted by molar-refractivity contribution is -0.131. The zero-order chi connectivity index (χ0) is 9.97. The van der Waals surface area contributed by atoms with Crippen molar-refractivity contribution in [3.8, 4) is 0 Å². The van der Waals surface area contributed by atoms with Gasteiger partial charge in [0.25, 0.3) is 0 Å². The summed E-state index contributed by atoms with van der Waals surface area (Å²) >= 11 is 1.79. The highest BCUT2D eigenvalue weighted by Gasteiger charge is 2.20. The highest BCUT2D eigenvalue weighted by Crippen LogP contribution is 2.24. The molecule has 0 aliphatic carbocycles. The summed E-state index contributed by atoms with van der Waals surface area (Å²) < 4.78 is 0. The summed E-state index contributed by atoms with van der Waals surface area (Å²) in [6.45, 7) is 2.08. The fraction of sp³-hybridized carbons (Fsp3) is 0.500. The third-order valence-corrected chi connectivity index (χ3v) is 3.54. The number of hydrogen-bond donors (Lipinski definition) is 1. The second kappa shape index (κ2) is 4.11. The average molecular weight is 210 g/mol. The lowest BCUT2D eigenvalue weighted by Gasteiger charge is -2.26. The normalized spacial score (nSPS) is 15.4. The van der Waals surface area contributed by atoms with Gasteiger partial charge >= 0.3 is 0 Å². The van der Waals surface area contributed by atoms with E-state index in [-0.39, 0.29) is 5.91 Å². The van der Waals surface area contributed by atoms with Gasteiger partial charge in [0, 0.05) is 30.9 Å². The predicted molar refractivity (Wildman–Crippen MR) is 57.1 cm³/mol. The summed E-state index contributed by atoms with van der Waals surface area (Å²) in [5.41, 5.74) is 6.68. The second-order valence-corrected chi connectivity index (χ2v) is 4.47. The molecular weight excluding hydrogens is 196 g/mol. The number of nitrogens with zero attached hydrogens (tertiary/aromatic N) is 1. The van der Waals surface area contributed by atoms with Gasteiger partial charge in [-0.05, 0) is 23.4 Å². The summed E-state index contributed by atoms with van der Waals surface area (Å²) in [6.07, 6.45) is 1.47. The Morgan fingerprint density at radius 3 is 3.29 bits per heavy atom. The summed E-state index contributed by atoms with van der Waals surface area (Å²) in [5.74, 6) is 0.185. The predicted octanol–water partition coefficient (Wildman–Crippen LogP) is 0.982. The van der Waals surface area contributed by atoms with Crippen molar-refractivity contribution in [2.45, 2.75) is 19.4 Å². The Bertz CT molecular complexity index is 335. The van der Waals surface area contributed by atoms with E-state index in [0.717, 1.165) is 19.5 Å². The molecule has 1 aliphatic heterocycles. The maximum absolute atomic E-state index is 11.6. The highest BCUT2D eigenvalue weighted by atomic mass is 32.1. The standard InChI is InChI=1S/C10H14N2OS/c11-4-1-10(13)12-5-2-9-8(7-12)3-6-14-9/h3,6H,1-2,4-5,7,11H2. The van der Waals surface area contributed by atoms with Crippen molar-refractivity contribution in [2.75, 3.05) is 13.1 Å². The van der Waals surface area contributed by atoms with Crippen LogP contribution in [0.4, 0.5) is 0 Å². The number of carbonyl (C=O) groups is 1. The van der Waals surface area contributed by atoms with E-state index in [1.165, 1.54) is 10.4 Å². The summed E-state index contributed by atoms with van der Waals surface area (Å²) in [4.78, 5) is 14.9. The monoisotopic (exact) mass is 210 g/mol. The molecule has 2 heterocycles. The molecule has 2 rings (SSSR count). The van der Waals surface area contributed by atoms with Crippen LogP contribution in [-0.4, -0.2) is 23.9 Å². The topological polar surface area (TPSA) is 46.3 Å². The molecule has 14 heavy (non-hydrogen) atoms. The third kappa shape index (κ3) is 1.81. The van der Waals surface area contributed by atoms with Gasteiger partial charge in [0.1, 0.15) is 0 Å². The molecule has 0 fully saturated rings. The van der Waals surface area contributed by atoms with Gasteiger partial charge in [0.2, 0.25) is 5.91 Å². The van der Waals surface area contributed by atoms with Crippen LogP contribution in [-0.2, 0) is 17.8 Å². The molecule has 2 N–H and O–H groups in total. The van der Waals surface area contributed by atoms with Crippen molar-refractivity contribution in [2.24, 2.45) is 5.73 Å². The van der Waals surface area contributed by atoms with Crippen LogP contribution in [0.2, 0.25) is 0 Å². The van der Waals surface area contributed by atoms with Crippen molar-refractivity contribution >= 4 is 17.2 Å². The first-order chi connectivity index (χ1) is 6.81. The molecule has 0 saturated heterocycles. The van der Waals surface area contributed by atoms with Crippen LogP contribution in [0.1, 0.15) is 16.9 Å². The molecular formula is C10H14N2OS. The first kappa shape index (κ1) is 9.68. The van der Waals surface area contributed by atoms with E-state index in [1.807, 2.05) is 4.90 Å². The molecule has 1 aliphatic rings. The number of fused-ring (bicyclic) bond motifs is 1. The zero-order valence-corrected chi connectivity index (χ0v) is 8.85. The van der Waals surface area contributed by atoms with Gasteiger partial charge in [-0.1, -0.05) is 0 Å². The fourth-order valence-electron chi connectivity index (χ4n) is 1.74. The Morgan fingerprint density at radius 2 is 2.50 bits per heavy atom. The van der Waals surface area contributed by atoms with Crippen LogP contribution in [0, 0.1) is 0 Å². The van der Waals surface area contributed by atoms with Gasteiger partial charge in [-0.25, -0.2) is 0 Å². The molecule has 1 aromatic rings. The van der Waals surface area contributed by atoms with Gasteiger partial charge in [0.05, 0.1) is 0 Å². The fourth-order valence-corrected chi connectivity index (χ4v) is 2.63. The van der Waals surface area contributed by atoms with Gasteiger partial charge in [0.15, 0.2) is 0 Å². The number of rotatable bonds is 2. The SMILES string of the molecule is NCCC(=O)N1CCc2sccc2C1. The van der Waals surface area contributed by atoms with Crippen LogP contribution in [0.3, 0.4) is 0 Å². The largest absolute Gasteiger partial charge is 0.338 e. The van der Waals surface area contributed by atoms with Gasteiger partial charge in [-0.2, -0.15) is 0 Å². The highest BCUT2D eigenvalue weighted by molar-refractivity contribution is 7.10. The lowest BCUT2D eigenvalue weighted by Crippen LogP contribution is -2.36. The van der Waals surface area contributed by atoms with Crippen LogP contribution < -0.4 is 5.73 Å². The van der Waals surface area contributed by atoms with Gasteiger partial charge in [-0.3, -0.25) is 4.79 Å². The second-order valence-electron chi connectivity index (χ2n) is 3.47. The van der Waals surface area contributed by atoms with Crippen LogP contribution in [0.5, 0.6) is 0 Å². The minimum atomic E-state index is 0.185. The molecule has 1 aromatic heterocycles. The van der Waals surface area contributed by atoms with Crippen molar-refractivity contribution in [3.63, 3.8) is 0 Å². The van der Waals surface area contributed by atoms with Gasteiger partial charge in [-0.15, -0.1) is 11.3 Å². The molecule has 0 bridgehead atoms. The van der Waals surface area contributed by atoms with Crippen LogP contribution in [0.25, 0.3) is 0 Å². The van der Waals surface area contributed by atoms with Crippen molar-refractivity contribution in [3.05, 3.63) is 21.9 Å². The van der Waals surface area contributed by atoms with E-state index < -0.39 is 0 Å². The maximum Gasteiger partial charge on any atom is 0.224 e. The first-order valence-corrected chi connectivity index (χ1v) is 5.72. The summed E-state index contributed by atoms with van der Waals surface area (Å²) in [6, 6.07) is 2.11. The number of thiophene rings is 1. The van der Waals surface area contributed by atoms with E-state index in [4.69, 9.17) is 5.73 Å². The molecule has 0 saturated carbocycles. The molecule has 0 aromatic carbocycles. The van der Waals surface area contributed by atoms with Crippen LogP contribution in [0.15, 0.2) is 11.4 Å². The van der Waals surface area contributed by atoms with Gasteiger partial charge < -0.3 is 10.6 Å². The maximum atomic E-state index is 11.6. The Hall–Kier alpha value is -0.870. The van der Waals surface area contributed by atoms with E-state index in [1.54, 1.807) is 11.3 Å². The molecule has 0 unspecified atom stereocenters. The van der Waals surface area contributed by atoms with E-state index >= 15 is 0 Å². The quantitative estimate of drug-likeness (QED) is 0.791. The zero-order valence-electron chi connectivity index (χ0n) is 8.03. The Balaban J connectivity index is 2.04. The molecule has 3 nitrogen and oxygen atoms in total. The molecule has 0 atom stereocenters. The minimum absolute atomic E-state index is 0.185. The van der Waals surface area contributed by atoms with Crippen LogP contribution >= 0.6 is 11.3 Å². The van der Waals surface area contributed by atoms with Crippen molar-refractivity contribution < 1.29 is 4.79 Å². The van der Waals surface area contributed by atoms with Crippen molar-refractivity contribution in [1.29, 1.82) is 0 Å². The minimum Gasteiger partial charge on any atom is -0.338 e. The number of nitrogens with two attached hydrogens (primary N) is 1. The average Bonchev–Trinajstić information content (AvgIpc) is 2.64. The Kier molecular flexibility index (Phi) is 2.84. The number of hydrogen-bond acceptors (Lipinski definition) is 3. The number of amides is 1. The van der Waals surface area contributed by atoms with E-state index in [0.29, 0.717) is 13.0 Å². The van der Waals surface area contributed by atoms with E-state index in [9.17, 15) is 4.79 Å². The number of carbonyl (C=O) groups excluding carboxylic acids is 1. The summed E-state index contributed by atoms with van der Waals surface area (Å²) in [5, 5.41) is 2.10. The Morgan fingerprint density at radius 1 is 1.64 bits per heavy atom. The molecule has 4 heteroatoms. The molecule has 0 radical (unpaired) electrons. The Labute approximate surface area is 87.5 Å². The first-order valence-electron chi connectivity index (χ1n) is 4.84. The summed E-state index contributed by atoms with van der Waals surface area (Å²) in [7, 11) is 0. The molecule has 1 amide bonds. The molecule has 0 spiro atoms. The van der Waals surface area contributed by atoms with Crippen molar-refractivity contribution in [1.82, 2.24) is 4.90 Å².